The molecular formula is C17H27N3O. The zero-order valence-electron chi connectivity index (χ0n) is 13.5. The number of aliphatic hydroxyl groups excluding tert-OH is 1. The fourth-order valence-electron chi connectivity index (χ4n) is 7.03. The highest BCUT2D eigenvalue weighted by Crippen LogP contribution is 2.71. The summed E-state index contributed by atoms with van der Waals surface area (Å²) in [4.78, 5) is 0. The van der Waals surface area contributed by atoms with Crippen LogP contribution in [-0.4, -0.2) is 20.1 Å². The van der Waals surface area contributed by atoms with Crippen LogP contribution in [0.3, 0.4) is 0 Å². The van der Waals surface area contributed by atoms with Crippen molar-refractivity contribution in [3.8, 4) is 0 Å². The summed E-state index contributed by atoms with van der Waals surface area (Å²) in [7, 11) is 1.87. The van der Waals surface area contributed by atoms with Crippen molar-refractivity contribution in [3.05, 3.63) is 11.9 Å². The topological polar surface area (TPSA) is 50.9 Å². The van der Waals surface area contributed by atoms with Crippen molar-refractivity contribution in [2.24, 2.45) is 29.2 Å². The number of aryl methyl sites for hydroxylation is 1. The summed E-state index contributed by atoms with van der Waals surface area (Å²) in [5, 5.41) is 18.6. The Morgan fingerprint density at radius 3 is 2.43 bits per heavy atom. The number of hydrogen-bond acceptors (Lipinski definition) is 3. The molecule has 0 radical (unpaired) electrons. The molecular weight excluding hydrogens is 262 g/mol. The molecule has 0 aliphatic heterocycles. The van der Waals surface area contributed by atoms with Crippen LogP contribution < -0.4 is 0 Å². The van der Waals surface area contributed by atoms with Crippen LogP contribution in [0.2, 0.25) is 0 Å². The Bertz CT molecular complexity index is 548. The van der Waals surface area contributed by atoms with Crippen LogP contribution in [0.15, 0.2) is 6.20 Å². The van der Waals surface area contributed by atoms with Gasteiger partial charge in [-0.2, -0.15) is 0 Å². The predicted octanol–water partition coefficient (Wildman–Crippen LogP) is 3.24. The first-order valence-electron chi connectivity index (χ1n) is 8.33. The van der Waals surface area contributed by atoms with Gasteiger partial charge in [0.25, 0.3) is 0 Å². The number of aliphatic hydroxyl groups is 1. The first-order valence-corrected chi connectivity index (χ1v) is 8.33. The zero-order valence-corrected chi connectivity index (χ0v) is 13.5. The molecule has 1 aromatic heterocycles. The lowest BCUT2D eigenvalue weighted by Crippen LogP contribution is -2.55. The molecule has 5 rings (SSSR count). The van der Waals surface area contributed by atoms with Gasteiger partial charge in [-0.3, -0.25) is 0 Å². The molecule has 3 unspecified atom stereocenters. The Morgan fingerprint density at radius 1 is 1.24 bits per heavy atom. The minimum atomic E-state index is -0.423. The first-order chi connectivity index (χ1) is 9.81. The summed E-state index contributed by atoms with van der Waals surface area (Å²) >= 11 is 0. The largest absolute Gasteiger partial charge is 0.387 e. The van der Waals surface area contributed by atoms with Crippen molar-refractivity contribution in [2.75, 3.05) is 0 Å². The minimum Gasteiger partial charge on any atom is -0.387 e. The lowest BCUT2D eigenvalue weighted by Gasteiger charge is -2.66. The number of nitrogens with zero attached hydrogens (tertiary/aromatic N) is 3. The molecule has 21 heavy (non-hydrogen) atoms. The quantitative estimate of drug-likeness (QED) is 0.929. The van der Waals surface area contributed by atoms with Crippen molar-refractivity contribution in [2.45, 2.75) is 64.9 Å². The molecule has 116 valence electrons. The van der Waals surface area contributed by atoms with Gasteiger partial charge in [0.15, 0.2) is 0 Å². The maximum absolute atomic E-state index is 10.7. The highest BCUT2D eigenvalue weighted by atomic mass is 16.3. The molecule has 3 atom stereocenters. The lowest BCUT2D eigenvalue weighted by molar-refractivity contribution is -0.157. The molecule has 4 aliphatic rings. The molecule has 4 nitrogen and oxygen atoms in total. The lowest BCUT2D eigenvalue weighted by atomic mass is 9.39. The van der Waals surface area contributed by atoms with Gasteiger partial charge in [-0.25, -0.2) is 4.68 Å². The zero-order chi connectivity index (χ0) is 14.9. The van der Waals surface area contributed by atoms with E-state index in [0.717, 1.165) is 18.0 Å². The van der Waals surface area contributed by atoms with Crippen molar-refractivity contribution in [1.82, 2.24) is 15.0 Å². The molecule has 1 N–H and O–H groups in total. The third-order valence-electron chi connectivity index (χ3n) is 6.46. The number of hydrogen-bond donors (Lipinski definition) is 1. The second-order valence-corrected chi connectivity index (χ2v) is 9.13. The van der Waals surface area contributed by atoms with Gasteiger partial charge in [-0.15, -0.1) is 5.10 Å². The standard InChI is InChI=1S/C17H27N3O/c1-15-4-12-5-16(2,9-15)11-17(6-12,10-15)7-14(21)13-8-18-19-20(13)3/h8,12,14,21H,4-7,9-11H2,1-3H3. The van der Waals surface area contributed by atoms with Gasteiger partial charge in [0.2, 0.25) is 0 Å². The minimum absolute atomic E-state index is 0.340. The van der Waals surface area contributed by atoms with Gasteiger partial charge >= 0.3 is 0 Å². The van der Waals surface area contributed by atoms with Gasteiger partial charge in [-0.05, 0) is 67.1 Å². The molecule has 0 amide bonds. The Kier molecular flexibility index (Phi) is 2.68. The average Bonchev–Trinajstić information content (AvgIpc) is 2.69. The molecule has 4 fully saturated rings. The third kappa shape index (κ3) is 2.14. The predicted molar refractivity (Wildman–Crippen MR) is 80.4 cm³/mol. The van der Waals surface area contributed by atoms with E-state index in [-0.39, 0.29) is 0 Å². The van der Waals surface area contributed by atoms with E-state index in [1.807, 2.05) is 7.05 Å². The second-order valence-electron chi connectivity index (χ2n) is 9.13. The van der Waals surface area contributed by atoms with Crippen LogP contribution in [0, 0.1) is 22.2 Å². The maximum atomic E-state index is 10.7. The fraction of sp³-hybridized carbons (Fsp3) is 0.882. The van der Waals surface area contributed by atoms with Crippen molar-refractivity contribution >= 4 is 0 Å². The monoisotopic (exact) mass is 289 g/mol. The van der Waals surface area contributed by atoms with Gasteiger partial charge in [0.1, 0.15) is 0 Å². The molecule has 0 aromatic carbocycles. The van der Waals surface area contributed by atoms with Gasteiger partial charge in [0, 0.05) is 7.05 Å². The third-order valence-corrected chi connectivity index (χ3v) is 6.46. The van der Waals surface area contributed by atoms with Crippen LogP contribution in [0.1, 0.15) is 70.6 Å². The van der Waals surface area contributed by atoms with Gasteiger partial charge in [-0.1, -0.05) is 19.1 Å². The summed E-state index contributed by atoms with van der Waals surface area (Å²) in [6, 6.07) is 0. The van der Waals surface area contributed by atoms with E-state index in [1.165, 1.54) is 38.5 Å². The van der Waals surface area contributed by atoms with E-state index in [2.05, 4.69) is 24.2 Å². The highest BCUT2D eigenvalue weighted by Gasteiger charge is 2.60. The summed E-state index contributed by atoms with van der Waals surface area (Å²) in [6.45, 7) is 4.98. The normalized spacial score (nSPS) is 46.0. The Hall–Kier alpha value is -0.900. The summed E-state index contributed by atoms with van der Waals surface area (Å²) in [6.07, 6.45) is 10.3. The Labute approximate surface area is 126 Å². The van der Waals surface area contributed by atoms with E-state index >= 15 is 0 Å². The average molecular weight is 289 g/mol. The smallest absolute Gasteiger partial charge is 0.0978 e. The maximum Gasteiger partial charge on any atom is 0.0978 e. The molecule has 4 saturated carbocycles. The van der Waals surface area contributed by atoms with Crippen LogP contribution in [0.25, 0.3) is 0 Å². The molecule has 0 spiro atoms. The summed E-state index contributed by atoms with van der Waals surface area (Å²) in [5.41, 5.74) is 2.23. The molecule has 1 heterocycles. The molecule has 1 aromatic rings. The van der Waals surface area contributed by atoms with Gasteiger partial charge in [0.05, 0.1) is 18.0 Å². The SMILES string of the molecule is Cn1nncc1C(O)CC12CC3CC(C)(CC(C)(C3)C1)C2. The Morgan fingerprint density at radius 2 is 1.90 bits per heavy atom. The summed E-state index contributed by atoms with van der Waals surface area (Å²) in [5.74, 6) is 0.883. The number of rotatable bonds is 3. The van der Waals surface area contributed by atoms with Crippen LogP contribution in [0.4, 0.5) is 0 Å². The van der Waals surface area contributed by atoms with E-state index in [4.69, 9.17) is 0 Å². The number of aromatic nitrogens is 3. The van der Waals surface area contributed by atoms with E-state index in [0.29, 0.717) is 16.2 Å². The Balaban J connectivity index is 1.61. The van der Waals surface area contributed by atoms with Crippen molar-refractivity contribution < 1.29 is 5.11 Å². The van der Waals surface area contributed by atoms with Crippen molar-refractivity contribution in [1.29, 1.82) is 0 Å². The molecule has 0 saturated heterocycles. The van der Waals surface area contributed by atoms with E-state index in [9.17, 15) is 5.11 Å². The summed E-state index contributed by atoms with van der Waals surface area (Å²) < 4.78 is 1.72. The highest BCUT2D eigenvalue weighted by molar-refractivity contribution is 5.12. The fourth-order valence-corrected chi connectivity index (χ4v) is 7.03. The second kappa shape index (κ2) is 4.09. The van der Waals surface area contributed by atoms with Crippen LogP contribution >= 0.6 is 0 Å². The van der Waals surface area contributed by atoms with Crippen LogP contribution in [-0.2, 0) is 7.05 Å². The first kappa shape index (κ1) is 13.7. The molecule has 4 heteroatoms. The van der Waals surface area contributed by atoms with E-state index < -0.39 is 6.10 Å². The van der Waals surface area contributed by atoms with Crippen LogP contribution in [0.5, 0.6) is 0 Å². The molecule has 4 bridgehead atoms. The van der Waals surface area contributed by atoms with Crippen molar-refractivity contribution in [3.63, 3.8) is 0 Å². The molecule has 4 aliphatic carbocycles. The van der Waals surface area contributed by atoms with E-state index in [1.54, 1.807) is 10.9 Å². The van der Waals surface area contributed by atoms with Gasteiger partial charge < -0.3 is 5.11 Å².